The molecule has 5 N–H and O–H groups in total. The number of aliphatic imine (C=N–C) groups is 1. The van der Waals surface area contributed by atoms with Crippen LogP contribution in [0.25, 0.3) is 0 Å². The molecule has 0 heterocycles. The van der Waals surface area contributed by atoms with E-state index in [0.29, 0.717) is 6.42 Å². The van der Waals surface area contributed by atoms with Gasteiger partial charge in [0, 0.05) is 23.6 Å². The molecule has 2 saturated carbocycles. The maximum Gasteiger partial charge on any atom is 0.269 e. The summed E-state index contributed by atoms with van der Waals surface area (Å²) in [5, 5.41) is 13.6. The molecule has 11 heteroatoms. The molecule has 2 aliphatic rings. The van der Waals surface area contributed by atoms with Gasteiger partial charge in [0.2, 0.25) is 5.91 Å². The third-order valence-corrected chi connectivity index (χ3v) is 7.48. The molecule has 2 bridgehead atoms. The summed E-state index contributed by atoms with van der Waals surface area (Å²) in [4.78, 5) is 26.9. The van der Waals surface area contributed by atoms with E-state index in [0.717, 1.165) is 30.4 Å². The van der Waals surface area contributed by atoms with Crippen LogP contribution >= 0.6 is 23.4 Å². The third kappa shape index (κ3) is 5.60. The minimum absolute atomic E-state index is 0.0306. The van der Waals surface area contributed by atoms with Crippen molar-refractivity contribution in [3.63, 3.8) is 0 Å². The zero-order chi connectivity index (χ0) is 23.4. The number of rotatable bonds is 10. The molecule has 2 aliphatic carbocycles. The van der Waals surface area contributed by atoms with E-state index in [1.165, 1.54) is 6.07 Å². The fourth-order valence-electron chi connectivity index (χ4n) is 4.63. The number of carbonyl (C=O) groups is 1. The van der Waals surface area contributed by atoms with Crippen LogP contribution in [0, 0.1) is 27.9 Å². The number of hydrogen-bond donors (Lipinski definition) is 3. The molecular formula is C21H25ClFN5O3S. The lowest BCUT2D eigenvalue weighted by Crippen LogP contribution is -2.42. The Balaban J connectivity index is 1.67. The molecule has 1 amide bonds. The Kier molecular flexibility index (Phi) is 7.78. The van der Waals surface area contributed by atoms with Crippen LogP contribution in [0.4, 0.5) is 10.1 Å². The molecule has 0 radical (unpaired) electrons. The molecule has 5 atom stereocenters. The van der Waals surface area contributed by atoms with E-state index in [-0.39, 0.29) is 33.8 Å². The van der Waals surface area contributed by atoms with Crippen molar-refractivity contribution in [3.05, 3.63) is 63.7 Å². The molecule has 32 heavy (non-hydrogen) atoms. The van der Waals surface area contributed by atoms with Crippen LogP contribution in [0.2, 0.25) is 0 Å². The van der Waals surface area contributed by atoms with E-state index < -0.39 is 28.6 Å². The number of nitrogens with zero attached hydrogens (tertiary/aromatic N) is 2. The van der Waals surface area contributed by atoms with Gasteiger partial charge in [0.1, 0.15) is 0 Å². The van der Waals surface area contributed by atoms with Gasteiger partial charge in [-0.05, 0) is 42.4 Å². The Morgan fingerprint density at radius 3 is 2.84 bits per heavy atom. The number of thioether (sulfide) groups is 1. The highest BCUT2D eigenvalue weighted by Gasteiger charge is 2.55. The number of primary amides is 1. The number of hydrogen-bond acceptors (Lipinski definition) is 6. The largest absolute Gasteiger partial charge is 0.382 e. The summed E-state index contributed by atoms with van der Waals surface area (Å²) in [5.74, 6) is -1.14. The summed E-state index contributed by atoms with van der Waals surface area (Å²) in [6, 6.07) is 6.10. The standard InChI is InChI=1S/C21H25ClFN5O3S/c1-11(22)26-10-16(23)20(24)27-19-15-8-13(18(19)21(25)29)9-17(15)32-6-5-12-3-2-4-14(7-12)28(30)31/h2-4,7,10,13,15,17-19,26H,1,5-6,8-9H2,(H2,24,27)(H2,25,29)/t13-,15+,17+,18?,19+/m0/s1. The number of nitro groups is 1. The van der Waals surface area contributed by atoms with Gasteiger partial charge >= 0.3 is 0 Å². The summed E-state index contributed by atoms with van der Waals surface area (Å²) in [6.07, 6.45) is 3.26. The van der Waals surface area contributed by atoms with Crippen molar-refractivity contribution in [1.29, 1.82) is 0 Å². The maximum absolute atomic E-state index is 14.2. The normalized spacial score (nSPS) is 27.4. The number of fused-ring (bicyclic) bond motifs is 2. The molecule has 1 aromatic rings. The first-order chi connectivity index (χ1) is 15.2. The van der Waals surface area contributed by atoms with Crippen molar-refractivity contribution in [3.8, 4) is 0 Å². The van der Waals surface area contributed by atoms with Gasteiger partial charge in [0.25, 0.3) is 5.69 Å². The number of nitrogens with one attached hydrogen (secondary N) is 1. The summed E-state index contributed by atoms with van der Waals surface area (Å²) >= 11 is 7.30. The first-order valence-corrected chi connectivity index (χ1v) is 11.5. The second kappa shape index (κ2) is 10.4. The van der Waals surface area contributed by atoms with Crippen molar-refractivity contribution in [1.82, 2.24) is 5.32 Å². The number of amidine groups is 1. The fourth-order valence-corrected chi connectivity index (χ4v) is 6.24. The number of non-ortho nitro benzene ring substituents is 1. The number of aryl methyl sites for hydroxylation is 1. The summed E-state index contributed by atoms with van der Waals surface area (Å²) in [5.41, 5.74) is 12.4. The Morgan fingerprint density at radius 1 is 1.44 bits per heavy atom. The van der Waals surface area contributed by atoms with Crippen LogP contribution < -0.4 is 16.8 Å². The highest BCUT2D eigenvalue weighted by atomic mass is 35.5. The molecule has 0 aromatic heterocycles. The highest BCUT2D eigenvalue weighted by Crippen LogP contribution is 2.54. The number of benzene rings is 1. The topological polar surface area (TPSA) is 137 Å². The molecule has 1 aromatic carbocycles. The lowest BCUT2D eigenvalue weighted by atomic mass is 9.84. The van der Waals surface area contributed by atoms with Crippen molar-refractivity contribution < 1.29 is 14.1 Å². The van der Waals surface area contributed by atoms with E-state index >= 15 is 0 Å². The number of amides is 1. The van der Waals surface area contributed by atoms with E-state index in [9.17, 15) is 19.3 Å². The van der Waals surface area contributed by atoms with Crippen LogP contribution in [0.5, 0.6) is 0 Å². The zero-order valence-corrected chi connectivity index (χ0v) is 18.8. The summed E-state index contributed by atoms with van der Waals surface area (Å²) in [7, 11) is 0. The van der Waals surface area contributed by atoms with Gasteiger partial charge in [-0.15, -0.1) is 0 Å². The van der Waals surface area contributed by atoms with Gasteiger partial charge in [0.05, 0.1) is 22.0 Å². The van der Waals surface area contributed by atoms with Gasteiger partial charge in [-0.2, -0.15) is 11.8 Å². The van der Waals surface area contributed by atoms with Crippen LogP contribution in [0.1, 0.15) is 18.4 Å². The Bertz CT molecular complexity index is 973. The van der Waals surface area contributed by atoms with E-state index in [2.05, 4.69) is 16.9 Å². The van der Waals surface area contributed by atoms with Crippen molar-refractivity contribution in [2.75, 3.05) is 5.75 Å². The SMILES string of the molecule is C=C(Cl)NC=C(F)C(N)=N[C@H]1C(C(N)=O)[C@H]2C[C@@H]1[C@H](SCCc1cccc([N+](=O)[O-])c1)C2. The molecule has 2 fully saturated rings. The monoisotopic (exact) mass is 481 g/mol. The molecule has 0 aliphatic heterocycles. The van der Waals surface area contributed by atoms with Gasteiger partial charge in [0.15, 0.2) is 11.7 Å². The zero-order valence-electron chi connectivity index (χ0n) is 17.2. The number of halogens is 2. The Morgan fingerprint density at radius 2 is 2.19 bits per heavy atom. The third-order valence-electron chi connectivity index (χ3n) is 5.96. The smallest absolute Gasteiger partial charge is 0.269 e. The van der Waals surface area contributed by atoms with E-state index in [1.807, 2.05) is 6.07 Å². The predicted octanol–water partition coefficient (Wildman–Crippen LogP) is 3.22. The second-order valence-electron chi connectivity index (χ2n) is 7.96. The first kappa shape index (κ1) is 24.1. The predicted molar refractivity (Wildman–Crippen MR) is 125 cm³/mol. The van der Waals surface area contributed by atoms with Crippen LogP contribution in [0.3, 0.4) is 0 Å². The average Bonchev–Trinajstić information content (AvgIpc) is 3.30. The number of nitro benzene ring substituents is 1. The van der Waals surface area contributed by atoms with Crippen molar-refractivity contribution >= 4 is 40.8 Å². The maximum atomic E-state index is 14.2. The van der Waals surface area contributed by atoms with Gasteiger partial charge in [-0.25, -0.2) is 4.39 Å². The first-order valence-electron chi connectivity index (χ1n) is 10.1. The van der Waals surface area contributed by atoms with Crippen molar-refractivity contribution in [2.24, 2.45) is 34.2 Å². The number of nitrogens with two attached hydrogens (primary N) is 2. The highest BCUT2D eigenvalue weighted by molar-refractivity contribution is 7.99. The lowest BCUT2D eigenvalue weighted by molar-refractivity contribution is -0.384. The molecule has 3 rings (SSSR count). The van der Waals surface area contributed by atoms with Gasteiger partial charge in [-0.3, -0.25) is 19.9 Å². The molecule has 0 spiro atoms. The van der Waals surface area contributed by atoms with E-state index in [4.69, 9.17) is 23.1 Å². The second-order valence-corrected chi connectivity index (χ2v) is 9.76. The van der Waals surface area contributed by atoms with Gasteiger partial charge < -0.3 is 16.8 Å². The molecule has 8 nitrogen and oxygen atoms in total. The minimum atomic E-state index is -0.798. The Labute approximate surface area is 194 Å². The fraction of sp³-hybridized carbons (Fsp3) is 0.429. The summed E-state index contributed by atoms with van der Waals surface area (Å²) in [6.45, 7) is 3.39. The van der Waals surface area contributed by atoms with E-state index in [1.54, 1.807) is 23.9 Å². The average molecular weight is 482 g/mol. The van der Waals surface area contributed by atoms with Crippen LogP contribution in [-0.4, -0.2) is 33.7 Å². The van der Waals surface area contributed by atoms with Crippen LogP contribution in [-0.2, 0) is 11.2 Å². The quantitative estimate of drug-likeness (QED) is 0.154. The summed E-state index contributed by atoms with van der Waals surface area (Å²) < 4.78 is 14.2. The number of carbonyl (C=O) groups excluding carboxylic acids is 1. The van der Waals surface area contributed by atoms with Gasteiger partial charge in [-0.1, -0.05) is 30.3 Å². The molecular weight excluding hydrogens is 457 g/mol. The molecule has 0 saturated heterocycles. The Hall–Kier alpha value is -2.59. The molecule has 1 unspecified atom stereocenters. The van der Waals surface area contributed by atoms with Crippen LogP contribution in [0.15, 0.2) is 53.0 Å². The minimum Gasteiger partial charge on any atom is -0.382 e. The van der Waals surface area contributed by atoms with Crippen molar-refractivity contribution in [2.45, 2.75) is 30.6 Å². The molecule has 172 valence electrons. The lowest BCUT2D eigenvalue weighted by Gasteiger charge is -2.32.